The van der Waals surface area contributed by atoms with E-state index in [1.54, 1.807) is 26.0 Å². The molecule has 0 aliphatic heterocycles. The summed E-state index contributed by atoms with van der Waals surface area (Å²) in [5.74, 6) is -0.833. The Balaban J connectivity index is 2.08. The number of carbonyl (C=O) groups excluding carboxylic acids is 1. The Hall–Kier alpha value is -2.41. The lowest BCUT2D eigenvalue weighted by atomic mass is 10.1. The molecule has 8 heteroatoms. The molecule has 0 saturated heterocycles. The maximum atomic E-state index is 12.3. The summed E-state index contributed by atoms with van der Waals surface area (Å²) < 4.78 is 1.47. The predicted molar refractivity (Wildman–Crippen MR) is 87.6 cm³/mol. The van der Waals surface area contributed by atoms with E-state index in [0.717, 1.165) is 5.56 Å². The molecule has 0 aliphatic rings. The van der Waals surface area contributed by atoms with Crippen LogP contribution in [-0.2, 0) is 11.3 Å². The number of nitro groups is 1. The highest BCUT2D eigenvalue weighted by Crippen LogP contribution is 2.21. The second-order valence-electron chi connectivity index (χ2n) is 5.43. The number of benzene rings is 1. The molecule has 1 aromatic heterocycles. The smallest absolute Gasteiger partial charge is 0.358 e. The lowest BCUT2D eigenvalue weighted by molar-refractivity contribution is -0.389. The molecule has 23 heavy (non-hydrogen) atoms. The van der Waals surface area contributed by atoms with Crippen LogP contribution in [0.5, 0.6) is 0 Å². The number of amides is 1. The van der Waals surface area contributed by atoms with Gasteiger partial charge in [0.2, 0.25) is 5.91 Å². The molecule has 0 bridgehead atoms. The third kappa shape index (κ3) is 4.07. The largest absolute Gasteiger partial charge is 0.390 e. The molecule has 1 heterocycles. The molecule has 1 amide bonds. The molecular weight excluding hydrogens is 320 g/mol. The first kappa shape index (κ1) is 17.0. The topological polar surface area (TPSA) is 90.1 Å². The van der Waals surface area contributed by atoms with Crippen LogP contribution in [0.1, 0.15) is 18.2 Å². The Labute approximate surface area is 138 Å². The van der Waals surface area contributed by atoms with Crippen LogP contribution in [0.4, 0.5) is 11.5 Å². The van der Waals surface area contributed by atoms with Gasteiger partial charge in [0.1, 0.15) is 0 Å². The summed E-state index contributed by atoms with van der Waals surface area (Å²) in [5, 5.41) is 18.0. The minimum absolute atomic E-state index is 0.201. The second-order valence-corrected chi connectivity index (χ2v) is 5.87. The van der Waals surface area contributed by atoms with Gasteiger partial charge in [0, 0.05) is 10.7 Å². The number of carbonyl (C=O) groups is 1. The van der Waals surface area contributed by atoms with Crippen LogP contribution in [0, 0.1) is 29.9 Å². The maximum absolute atomic E-state index is 12.3. The Morgan fingerprint density at radius 2 is 2.13 bits per heavy atom. The summed E-state index contributed by atoms with van der Waals surface area (Å²) in [7, 11) is 0. The standard InChI is InChI=1S/C15H17ClN4O3/c1-9-4-5-12(16)7-13(9)17-15(21)10(2)8-19-11(3)6-14(18-19)20(22)23/h4-7,10H,8H2,1-3H3,(H,17,21). The SMILES string of the molecule is Cc1ccc(Cl)cc1NC(=O)C(C)Cn1nc([N+](=O)[O-])cc1C. The van der Waals surface area contributed by atoms with Gasteiger partial charge in [0.05, 0.1) is 29.3 Å². The molecule has 0 radical (unpaired) electrons. The number of hydrogen-bond donors (Lipinski definition) is 1. The van der Waals surface area contributed by atoms with Crippen molar-refractivity contribution < 1.29 is 9.72 Å². The van der Waals surface area contributed by atoms with Crippen molar-refractivity contribution in [3.63, 3.8) is 0 Å². The van der Waals surface area contributed by atoms with Crippen LogP contribution < -0.4 is 5.32 Å². The highest BCUT2D eigenvalue weighted by atomic mass is 35.5. The van der Waals surface area contributed by atoms with Crippen LogP contribution in [0.15, 0.2) is 24.3 Å². The average Bonchev–Trinajstić information content (AvgIpc) is 2.84. The molecule has 1 N–H and O–H groups in total. The van der Waals surface area contributed by atoms with Crippen LogP contribution in [-0.4, -0.2) is 20.6 Å². The van der Waals surface area contributed by atoms with E-state index in [0.29, 0.717) is 16.4 Å². The molecule has 0 saturated carbocycles. The van der Waals surface area contributed by atoms with Gasteiger partial charge >= 0.3 is 5.82 Å². The molecule has 2 aromatic rings. The number of hydrogen-bond acceptors (Lipinski definition) is 4. The van der Waals surface area contributed by atoms with E-state index >= 15 is 0 Å². The molecule has 7 nitrogen and oxygen atoms in total. The van der Waals surface area contributed by atoms with Gasteiger partial charge in [-0.25, -0.2) is 0 Å². The molecule has 0 spiro atoms. The Morgan fingerprint density at radius 1 is 1.43 bits per heavy atom. The van der Waals surface area contributed by atoms with Gasteiger partial charge in [-0.1, -0.05) is 24.6 Å². The number of nitrogens with one attached hydrogen (secondary N) is 1. The Bertz CT molecular complexity index is 757. The van der Waals surface area contributed by atoms with Crippen molar-refractivity contribution in [3.05, 3.63) is 50.7 Å². The fraction of sp³-hybridized carbons (Fsp3) is 0.333. The molecule has 1 atom stereocenters. The molecule has 0 fully saturated rings. The zero-order chi connectivity index (χ0) is 17.1. The number of halogens is 1. The number of anilines is 1. The molecule has 0 aliphatic carbocycles. The number of aromatic nitrogens is 2. The average molecular weight is 337 g/mol. The summed E-state index contributed by atoms with van der Waals surface area (Å²) >= 11 is 5.93. The summed E-state index contributed by atoms with van der Waals surface area (Å²) in [5.41, 5.74) is 2.19. The van der Waals surface area contributed by atoms with Gasteiger partial charge in [-0.15, -0.1) is 0 Å². The highest BCUT2D eigenvalue weighted by Gasteiger charge is 2.21. The molecule has 122 valence electrons. The summed E-state index contributed by atoms with van der Waals surface area (Å²) in [6.45, 7) is 5.58. The van der Waals surface area contributed by atoms with Crippen LogP contribution in [0.25, 0.3) is 0 Å². The van der Waals surface area contributed by atoms with Gasteiger partial charge in [-0.3, -0.25) is 4.79 Å². The normalized spacial score (nSPS) is 12.0. The second kappa shape index (κ2) is 6.78. The minimum Gasteiger partial charge on any atom is -0.358 e. The van der Waals surface area contributed by atoms with E-state index in [2.05, 4.69) is 10.4 Å². The van der Waals surface area contributed by atoms with E-state index < -0.39 is 10.8 Å². The van der Waals surface area contributed by atoms with Gasteiger partial charge in [-0.05, 0) is 36.5 Å². The predicted octanol–water partition coefficient (Wildman–Crippen LogP) is 3.34. The summed E-state index contributed by atoms with van der Waals surface area (Å²) in [6.07, 6.45) is 0. The van der Waals surface area contributed by atoms with E-state index in [-0.39, 0.29) is 18.3 Å². The van der Waals surface area contributed by atoms with Crippen molar-refractivity contribution in [2.75, 3.05) is 5.32 Å². The van der Waals surface area contributed by atoms with Crippen molar-refractivity contribution in [3.8, 4) is 0 Å². The van der Waals surface area contributed by atoms with Gasteiger partial charge in [0.25, 0.3) is 0 Å². The zero-order valence-electron chi connectivity index (χ0n) is 13.0. The first-order valence-electron chi connectivity index (χ1n) is 7.03. The van der Waals surface area contributed by atoms with E-state index in [4.69, 9.17) is 11.6 Å². The lowest BCUT2D eigenvalue weighted by Crippen LogP contribution is -2.25. The first-order chi connectivity index (χ1) is 10.8. The van der Waals surface area contributed by atoms with E-state index in [1.807, 2.05) is 13.0 Å². The number of aryl methyl sites for hydroxylation is 2. The van der Waals surface area contributed by atoms with Crippen LogP contribution >= 0.6 is 11.6 Å². The first-order valence-corrected chi connectivity index (χ1v) is 7.41. The quantitative estimate of drug-likeness (QED) is 0.669. The third-order valence-electron chi connectivity index (χ3n) is 3.51. The van der Waals surface area contributed by atoms with E-state index in [9.17, 15) is 14.9 Å². The Morgan fingerprint density at radius 3 is 2.74 bits per heavy atom. The molecular formula is C15H17ClN4O3. The molecule has 1 aromatic carbocycles. The van der Waals surface area contributed by atoms with Crippen LogP contribution in [0.2, 0.25) is 5.02 Å². The molecule has 1 unspecified atom stereocenters. The maximum Gasteiger partial charge on any atom is 0.390 e. The third-order valence-corrected chi connectivity index (χ3v) is 3.74. The number of nitrogens with zero attached hydrogens (tertiary/aromatic N) is 3. The zero-order valence-corrected chi connectivity index (χ0v) is 13.8. The Kier molecular flexibility index (Phi) is 5.00. The van der Waals surface area contributed by atoms with Crippen molar-refractivity contribution in [1.29, 1.82) is 0 Å². The van der Waals surface area contributed by atoms with E-state index in [1.165, 1.54) is 10.7 Å². The fourth-order valence-electron chi connectivity index (χ4n) is 2.09. The van der Waals surface area contributed by atoms with Crippen molar-refractivity contribution in [2.45, 2.75) is 27.3 Å². The molecule has 2 rings (SSSR count). The monoisotopic (exact) mass is 336 g/mol. The fourth-order valence-corrected chi connectivity index (χ4v) is 2.27. The minimum atomic E-state index is -0.552. The highest BCUT2D eigenvalue weighted by molar-refractivity contribution is 6.31. The van der Waals surface area contributed by atoms with Gasteiger partial charge < -0.3 is 15.4 Å². The van der Waals surface area contributed by atoms with Crippen molar-refractivity contribution in [2.24, 2.45) is 5.92 Å². The van der Waals surface area contributed by atoms with Crippen molar-refractivity contribution in [1.82, 2.24) is 9.78 Å². The lowest BCUT2D eigenvalue weighted by Gasteiger charge is -2.13. The van der Waals surface area contributed by atoms with Gasteiger partial charge in [0.15, 0.2) is 0 Å². The van der Waals surface area contributed by atoms with Crippen LogP contribution in [0.3, 0.4) is 0 Å². The number of rotatable bonds is 5. The van der Waals surface area contributed by atoms with Gasteiger partial charge in [-0.2, -0.15) is 4.68 Å². The van der Waals surface area contributed by atoms with Crippen molar-refractivity contribution >= 4 is 29.0 Å². The summed E-state index contributed by atoms with van der Waals surface area (Å²) in [4.78, 5) is 22.5. The summed E-state index contributed by atoms with van der Waals surface area (Å²) in [6, 6.07) is 6.64.